The number of rotatable bonds is 4. The van der Waals surface area contributed by atoms with Crippen LogP contribution in [-0.4, -0.2) is 15.0 Å². The normalized spacial score (nSPS) is 17.8. The quantitative estimate of drug-likeness (QED) is 0.687. The van der Waals surface area contributed by atoms with Crippen molar-refractivity contribution in [2.75, 3.05) is 11.5 Å². The summed E-state index contributed by atoms with van der Waals surface area (Å²) in [5.74, 6) is 2.10. The van der Waals surface area contributed by atoms with E-state index in [2.05, 4.69) is 36.5 Å². The third kappa shape index (κ3) is 3.96. The lowest BCUT2D eigenvalue weighted by atomic mass is 10.3. The molecule has 0 radical (unpaired) electrons. The Morgan fingerprint density at radius 1 is 1.00 bits per heavy atom. The second-order valence-electron chi connectivity index (χ2n) is 3.74. The van der Waals surface area contributed by atoms with Crippen LogP contribution in [0, 0.1) is 0 Å². The minimum atomic E-state index is 1.05. The van der Waals surface area contributed by atoms with Gasteiger partial charge in [0.05, 0.1) is 0 Å². The first-order valence-corrected chi connectivity index (χ1v) is 7.71. The number of thioether (sulfide) groups is 2. The monoisotopic (exact) mass is 266 g/mol. The van der Waals surface area contributed by atoms with Gasteiger partial charge < -0.3 is 0 Å². The largest absolute Gasteiger partial charge is 0.104 e. The lowest BCUT2D eigenvalue weighted by molar-refractivity contribution is 1.27. The van der Waals surface area contributed by atoms with E-state index in [1.165, 1.54) is 11.1 Å². The van der Waals surface area contributed by atoms with E-state index >= 15 is 0 Å². The molecule has 84 valence electrons. The van der Waals surface area contributed by atoms with Crippen molar-refractivity contribution < 1.29 is 0 Å². The molecule has 3 heteroatoms. The average Bonchev–Trinajstić information content (AvgIpc) is 2.96. The van der Waals surface area contributed by atoms with Gasteiger partial charge in [-0.25, -0.2) is 0 Å². The lowest BCUT2D eigenvalue weighted by Crippen LogP contribution is -1.91. The SMILES string of the molecule is S=C(SCC1=CC=CC1)SCC1=CC=CC1. The standard InChI is InChI=1S/C13H14S3/c14-13(15-9-11-5-1-2-6-11)16-10-12-7-3-4-8-12/h1-5,7H,6,8-10H2. The molecular formula is C13H14S3. The molecule has 0 saturated carbocycles. The maximum atomic E-state index is 5.35. The van der Waals surface area contributed by atoms with Crippen LogP contribution < -0.4 is 0 Å². The summed E-state index contributed by atoms with van der Waals surface area (Å²) in [7, 11) is 0. The fraction of sp³-hybridized carbons (Fsp3) is 0.308. The molecule has 0 aromatic rings. The van der Waals surface area contributed by atoms with Gasteiger partial charge in [-0.05, 0) is 12.8 Å². The van der Waals surface area contributed by atoms with Crippen LogP contribution in [0.3, 0.4) is 0 Å². The molecule has 0 aliphatic heterocycles. The molecule has 0 aromatic carbocycles. The van der Waals surface area contributed by atoms with E-state index in [4.69, 9.17) is 12.2 Å². The van der Waals surface area contributed by atoms with Crippen molar-refractivity contribution in [3.63, 3.8) is 0 Å². The lowest BCUT2D eigenvalue weighted by Gasteiger charge is -2.04. The molecule has 0 saturated heterocycles. The van der Waals surface area contributed by atoms with Gasteiger partial charge in [0.2, 0.25) is 0 Å². The molecular weight excluding hydrogens is 252 g/mol. The third-order valence-electron chi connectivity index (χ3n) is 2.45. The fourth-order valence-corrected chi connectivity index (χ4v) is 3.62. The van der Waals surface area contributed by atoms with Gasteiger partial charge in [0, 0.05) is 11.5 Å². The highest BCUT2D eigenvalue weighted by atomic mass is 32.2. The predicted molar refractivity (Wildman–Crippen MR) is 81.2 cm³/mol. The minimum Gasteiger partial charge on any atom is -0.103 e. The highest BCUT2D eigenvalue weighted by molar-refractivity contribution is 8.47. The molecule has 0 bridgehead atoms. The van der Waals surface area contributed by atoms with Crippen LogP contribution in [0.15, 0.2) is 47.6 Å². The summed E-state index contributed by atoms with van der Waals surface area (Å²) in [5.41, 5.74) is 2.96. The summed E-state index contributed by atoms with van der Waals surface area (Å²) < 4.78 is 1.07. The van der Waals surface area contributed by atoms with Gasteiger partial charge in [-0.2, -0.15) is 0 Å². The van der Waals surface area contributed by atoms with E-state index < -0.39 is 0 Å². The van der Waals surface area contributed by atoms with Crippen LogP contribution in [0.2, 0.25) is 0 Å². The van der Waals surface area contributed by atoms with E-state index in [-0.39, 0.29) is 0 Å². The number of hydrogen-bond donors (Lipinski definition) is 0. The van der Waals surface area contributed by atoms with Gasteiger partial charge in [0.25, 0.3) is 0 Å². The Kier molecular flexibility index (Phi) is 4.94. The topological polar surface area (TPSA) is 0 Å². The van der Waals surface area contributed by atoms with E-state index in [1.807, 2.05) is 0 Å². The third-order valence-corrected chi connectivity index (χ3v) is 5.36. The molecule has 0 aromatic heterocycles. The maximum absolute atomic E-state index is 5.35. The summed E-state index contributed by atoms with van der Waals surface area (Å²) in [5, 5.41) is 0. The fourth-order valence-electron chi connectivity index (χ4n) is 1.54. The van der Waals surface area contributed by atoms with Crippen LogP contribution in [0.4, 0.5) is 0 Å². The van der Waals surface area contributed by atoms with Crippen LogP contribution in [-0.2, 0) is 0 Å². The van der Waals surface area contributed by atoms with E-state index in [0.29, 0.717) is 0 Å². The Labute approximate surface area is 111 Å². The molecule has 0 nitrogen and oxygen atoms in total. The summed E-state index contributed by atoms with van der Waals surface area (Å²) >= 11 is 8.95. The smallest absolute Gasteiger partial charge is 0.103 e. The molecule has 2 aliphatic rings. The van der Waals surface area contributed by atoms with Gasteiger partial charge in [0.1, 0.15) is 3.53 Å². The van der Waals surface area contributed by atoms with Crippen LogP contribution in [0.1, 0.15) is 12.8 Å². The highest BCUT2D eigenvalue weighted by Crippen LogP contribution is 2.25. The highest BCUT2D eigenvalue weighted by Gasteiger charge is 2.05. The Balaban J connectivity index is 1.61. The van der Waals surface area contributed by atoms with Crippen LogP contribution in [0.5, 0.6) is 0 Å². The second kappa shape index (κ2) is 6.48. The first kappa shape index (κ1) is 12.2. The molecule has 16 heavy (non-hydrogen) atoms. The number of thiocarbonyl (C=S) groups is 1. The molecule has 0 N–H and O–H groups in total. The molecule has 2 aliphatic carbocycles. The molecule has 0 amide bonds. The molecule has 0 fully saturated rings. The van der Waals surface area contributed by atoms with Gasteiger partial charge in [-0.3, -0.25) is 0 Å². The Morgan fingerprint density at radius 2 is 1.50 bits per heavy atom. The van der Waals surface area contributed by atoms with Crippen molar-refractivity contribution in [1.29, 1.82) is 0 Å². The summed E-state index contributed by atoms with van der Waals surface area (Å²) in [4.78, 5) is 0. The van der Waals surface area contributed by atoms with Crippen molar-refractivity contribution in [3.05, 3.63) is 47.6 Å². The first-order valence-electron chi connectivity index (χ1n) is 5.33. The average molecular weight is 266 g/mol. The van der Waals surface area contributed by atoms with E-state index in [1.54, 1.807) is 23.5 Å². The Morgan fingerprint density at radius 3 is 1.88 bits per heavy atom. The van der Waals surface area contributed by atoms with Gasteiger partial charge in [0.15, 0.2) is 0 Å². The molecule has 0 heterocycles. The summed E-state index contributed by atoms with van der Waals surface area (Å²) in [6.07, 6.45) is 15.3. The Hall–Kier alpha value is -0.250. The minimum absolute atomic E-state index is 1.05. The van der Waals surface area contributed by atoms with Crippen molar-refractivity contribution >= 4 is 39.3 Å². The van der Waals surface area contributed by atoms with Crippen LogP contribution in [0.25, 0.3) is 0 Å². The molecule has 0 unspecified atom stereocenters. The molecule has 0 atom stereocenters. The molecule has 0 spiro atoms. The zero-order valence-corrected chi connectivity index (χ0v) is 11.5. The maximum Gasteiger partial charge on any atom is 0.104 e. The van der Waals surface area contributed by atoms with E-state index in [0.717, 1.165) is 27.9 Å². The second-order valence-corrected chi connectivity index (χ2v) is 6.90. The first-order chi connectivity index (χ1) is 7.84. The van der Waals surface area contributed by atoms with Gasteiger partial charge >= 0.3 is 0 Å². The summed E-state index contributed by atoms with van der Waals surface area (Å²) in [6.45, 7) is 0. The van der Waals surface area contributed by atoms with Crippen molar-refractivity contribution in [3.8, 4) is 0 Å². The molecule has 2 rings (SSSR count). The summed E-state index contributed by atoms with van der Waals surface area (Å²) in [6, 6.07) is 0. The van der Waals surface area contributed by atoms with Crippen molar-refractivity contribution in [1.82, 2.24) is 0 Å². The Bertz CT molecular complexity index is 350. The van der Waals surface area contributed by atoms with Gasteiger partial charge in [-0.1, -0.05) is 59.8 Å². The van der Waals surface area contributed by atoms with Crippen molar-refractivity contribution in [2.24, 2.45) is 0 Å². The number of hydrogen-bond acceptors (Lipinski definition) is 3. The predicted octanol–water partition coefficient (Wildman–Crippen LogP) is 4.51. The van der Waals surface area contributed by atoms with Crippen molar-refractivity contribution in [2.45, 2.75) is 12.8 Å². The van der Waals surface area contributed by atoms with Crippen LogP contribution >= 0.6 is 35.7 Å². The zero-order valence-electron chi connectivity index (χ0n) is 9.02. The van der Waals surface area contributed by atoms with E-state index in [9.17, 15) is 0 Å². The number of allylic oxidation sites excluding steroid dienone is 6. The zero-order chi connectivity index (χ0) is 11.2. The van der Waals surface area contributed by atoms with Gasteiger partial charge in [-0.15, -0.1) is 23.5 Å².